The molecule has 0 radical (unpaired) electrons. The molecule has 0 amide bonds. The van der Waals surface area contributed by atoms with E-state index in [1.165, 1.54) is 20.7 Å². The summed E-state index contributed by atoms with van der Waals surface area (Å²) in [6.07, 6.45) is 15.7. The zero-order chi connectivity index (χ0) is 15.3. The summed E-state index contributed by atoms with van der Waals surface area (Å²) in [5.74, 6) is 0. The second-order valence-electron chi connectivity index (χ2n) is 5.55. The van der Waals surface area contributed by atoms with Gasteiger partial charge in [-0.25, -0.2) is 0 Å². The molecule has 0 spiro atoms. The number of rotatable bonds is 2. The van der Waals surface area contributed by atoms with Crippen LogP contribution in [0.4, 0.5) is 16.9 Å². The van der Waals surface area contributed by atoms with Crippen LogP contribution in [0.15, 0.2) is 0 Å². The van der Waals surface area contributed by atoms with Crippen molar-refractivity contribution >= 4 is 19.5 Å². The summed E-state index contributed by atoms with van der Waals surface area (Å²) >= 11 is -10.7. The Hall–Kier alpha value is 1.13. The molecule has 0 aliphatic heterocycles. The number of hydrogen-bond acceptors (Lipinski definition) is 0. The van der Waals surface area contributed by atoms with Gasteiger partial charge in [-0.3, -0.25) is 0 Å². The molecule has 2 saturated carbocycles. The van der Waals surface area contributed by atoms with Crippen LogP contribution in [0.2, 0.25) is 0 Å². The zero-order valence-electron chi connectivity index (χ0n) is 11.3. The number of halogens is 7. The van der Waals surface area contributed by atoms with E-state index in [0.717, 1.165) is 0 Å². The van der Waals surface area contributed by atoms with Gasteiger partial charge in [0.15, 0.2) is 7.85 Å². The fraction of sp³-hybridized carbons (Fsp3) is 1.00. The molecule has 124 valence electrons. The molecule has 2 aliphatic rings. The molecule has 0 nitrogen and oxygen atoms in total. The van der Waals surface area contributed by atoms with Gasteiger partial charge in [0.25, 0.3) is 21.2 Å². The van der Waals surface area contributed by atoms with Crippen LogP contribution in [0.5, 0.6) is 0 Å². The Balaban J connectivity index is 0.000000246. The van der Waals surface area contributed by atoms with Gasteiger partial charge in [-0.05, 0) is 51.4 Å². The Morgan fingerprint density at radius 1 is 0.550 bits per heavy atom. The molecule has 0 aromatic carbocycles. The van der Waals surface area contributed by atoms with E-state index in [2.05, 4.69) is 0 Å². The average Bonchev–Trinajstić information content (AvgIpc) is 2.27. The Labute approximate surface area is 129 Å². The molecule has 0 N–H and O–H groups in total. The van der Waals surface area contributed by atoms with Gasteiger partial charge < -0.3 is 0 Å². The minimum absolute atomic E-state index is 0.583. The van der Waals surface area contributed by atoms with Gasteiger partial charge in [0.2, 0.25) is 0 Å². The summed E-state index contributed by atoms with van der Waals surface area (Å²) in [4.78, 5) is 0. The first kappa shape index (κ1) is 19.2. The van der Waals surface area contributed by atoms with Crippen LogP contribution in [0, 0.1) is 0 Å². The van der Waals surface area contributed by atoms with Gasteiger partial charge in [-0.2, -0.15) is 0 Å². The van der Waals surface area contributed by atoms with Gasteiger partial charge >= 0.3 is 36.4 Å². The molecule has 20 heavy (non-hydrogen) atoms. The monoisotopic (exact) mass is 528 g/mol. The van der Waals surface area contributed by atoms with Crippen molar-refractivity contribution < 1.29 is 38.1 Å². The van der Waals surface area contributed by atoms with E-state index in [-0.39, 0.29) is 0 Å². The SMILES string of the molecule is C1CCC([I+]C2CCCCC2)CC1.[F][Sb-]([F])([F])([F])([F])[F]. The van der Waals surface area contributed by atoms with Gasteiger partial charge in [-0.15, -0.1) is 0 Å². The summed E-state index contributed by atoms with van der Waals surface area (Å²) in [5.41, 5.74) is 0. The Morgan fingerprint density at radius 3 is 1.05 bits per heavy atom. The van der Waals surface area contributed by atoms with Crippen LogP contribution in [0.1, 0.15) is 64.2 Å². The van der Waals surface area contributed by atoms with E-state index in [4.69, 9.17) is 0 Å². The fourth-order valence-corrected chi connectivity index (χ4v) is 7.25. The summed E-state index contributed by atoms with van der Waals surface area (Å²) in [6, 6.07) is 0. The van der Waals surface area contributed by atoms with Crippen LogP contribution in [0.25, 0.3) is 0 Å². The van der Waals surface area contributed by atoms with E-state index < -0.39 is 19.5 Å². The third-order valence-corrected chi connectivity index (χ3v) is 7.95. The predicted octanol–water partition coefficient (Wildman–Crippen LogP) is 2.88. The van der Waals surface area contributed by atoms with Crippen molar-refractivity contribution in [3.63, 3.8) is 0 Å². The predicted molar refractivity (Wildman–Crippen MR) is 66.1 cm³/mol. The van der Waals surface area contributed by atoms with E-state index in [9.17, 15) is 16.9 Å². The van der Waals surface area contributed by atoms with Crippen LogP contribution < -0.4 is 21.2 Å². The molecule has 0 saturated heterocycles. The van der Waals surface area contributed by atoms with Crippen LogP contribution in [-0.2, 0) is 0 Å². The molecule has 8 heteroatoms. The zero-order valence-corrected chi connectivity index (χ0v) is 16.0. The maximum absolute atomic E-state index is 11.2. The minimum atomic E-state index is -11.2. The van der Waals surface area contributed by atoms with Gasteiger partial charge in [-0.1, -0.05) is 12.8 Å². The Morgan fingerprint density at radius 2 is 0.800 bits per heavy atom. The number of hydrogen-bond donors (Lipinski definition) is 0. The van der Waals surface area contributed by atoms with Crippen LogP contribution in [0.3, 0.4) is 0 Å². The van der Waals surface area contributed by atoms with Crippen molar-refractivity contribution in [3.05, 3.63) is 0 Å². The first-order valence-corrected chi connectivity index (χ1v) is 15.4. The molecule has 0 unspecified atom stereocenters. The van der Waals surface area contributed by atoms with E-state index in [1.54, 1.807) is 51.4 Å². The van der Waals surface area contributed by atoms with Crippen molar-refractivity contribution in [2.24, 2.45) is 0 Å². The molecule has 0 atom stereocenters. The van der Waals surface area contributed by atoms with Crippen molar-refractivity contribution in [2.45, 2.75) is 72.1 Å². The van der Waals surface area contributed by atoms with Crippen LogP contribution in [-0.4, -0.2) is 27.3 Å². The normalized spacial score (nSPS) is 26.1. The number of alkyl halides is 2. The summed E-state index contributed by atoms with van der Waals surface area (Å²) in [5, 5.41) is 0. The van der Waals surface area contributed by atoms with E-state index in [0.29, 0.717) is 21.2 Å². The molecule has 2 fully saturated rings. The Bertz CT molecular complexity index is 261. The first-order chi connectivity index (χ1) is 8.90. The first-order valence-electron chi connectivity index (χ1n) is 7.08. The van der Waals surface area contributed by atoms with E-state index >= 15 is 0 Å². The molecule has 0 bridgehead atoms. The molecule has 0 heterocycles. The van der Waals surface area contributed by atoms with Gasteiger partial charge in [0.05, 0.1) is 0 Å². The van der Waals surface area contributed by atoms with Crippen molar-refractivity contribution in [3.8, 4) is 0 Å². The van der Waals surface area contributed by atoms with E-state index in [1.807, 2.05) is 0 Å². The topological polar surface area (TPSA) is 0 Å². The molecule has 2 rings (SSSR count). The molecular weight excluding hydrogens is 507 g/mol. The standard InChI is InChI=1S/C12H22I.6FH.Sb/c1-3-7-11(8-4-1)13-12-9-5-2-6-10-12;;;;;;;/h11-12H,1-10H2;6*1H;/q+1;;;;;;;+5/p-6. The molecule has 0 aromatic rings. The van der Waals surface area contributed by atoms with Crippen molar-refractivity contribution in [2.75, 3.05) is 0 Å². The summed E-state index contributed by atoms with van der Waals surface area (Å²) in [6.45, 7) is 0. The summed E-state index contributed by atoms with van der Waals surface area (Å²) in [7, 11) is 0. The maximum atomic E-state index is 9.93. The van der Waals surface area contributed by atoms with Gasteiger partial charge in [0, 0.05) is 0 Å². The second-order valence-corrected chi connectivity index (χ2v) is 15.3. The van der Waals surface area contributed by atoms with Crippen molar-refractivity contribution in [1.29, 1.82) is 0 Å². The quantitative estimate of drug-likeness (QED) is 0.224. The second kappa shape index (κ2) is 6.71. The molecule has 2 aliphatic carbocycles. The molecular formula is C12H22F6ISb. The molecule has 0 aromatic heterocycles. The van der Waals surface area contributed by atoms with Crippen molar-refractivity contribution in [1.82, 2.24) is 0 Å². The van der Waals surface area contributed by atoms with Gasteiger partial charge in [0.1, 0.15) is 0 Å². The third kappa shape index (κ3) is 14.1. The fourth-order valence-electron chi connectivity index (χ4n) is 2.61. The Kier molecular flexibility index (Phi) is 6.43. The third-order valence-electron chi connectivity index (χ3n) is 3.43. The van der Waals surface area contributed by atoms with Crippen LogP contribution >= 0.6 is 0 Å². The average molecular weight is 529 g/mol. The summed E-state index contributed by atoms with van der Waals surface area (Å²) < 4.78 is 62.0.